The Hall–Kier alpha value is -2.36. The quantitative estimate of drug-likeness (QED) is 0.914. The van der Waals surface area contributed by atoms with E-state index in [2.05, 4.69) is 10.3 Å². The smallest absolute Gasteiger partial charge is 0.265 e. The second kappa shape index (κ2) is 6.88. The van der Waals surface area contributed by atoms with Crippen molar-refractivity contribution in [3.63, 3.8) is 0 Å². The molecule has 4 nitrogen and oxygen atoms in total. The number of pyridine rings is 1. The van der Waals surface area contributed by atoms with Gasteiger partial charge in [0.2, 0.25) is 0 Å². The number of aromatic nitrogens is 1. The lowest BCUT2D eigenvalue weighted by Crippen LogP contribution is -2.32. The number of carbonyl (C=O) groups is 1. The van der Waals surface area contributed by atoms with Crippen molar-refractivity contribution in [2.24, 2.45) is 0 Å². The Balaban J connectivity index is 2.09. The van der Waals surface area contributed by atoms with Crippen LogP contribution >= 0.6 is 0 Å². The normalized spacial score (nSPS) is 11.8. The summed E-state index contributed by atoms with van der Waals surface area (Å²) in [5, 5.41) is 2.82. The number of anilines is 1. The molecule has 0 spiro atoms. The van der Waals surface area contributed by atoms with E-state index in [1.54, 1.807) is 24.5 Å². The monoisotopic (exact) mass is 284 g/mol. The van der Waals surface area contributed by atoms with Crippen LogP contribution in [-0.4, -0.2) is 17.0 Å². The van der Waals surface area contributed by atoms with Gasteiger partial charge in [-0.1, -0.05) is 19.1 Å². The van der Waals surface area contributed by atoms with Gasteiger partial charge in [0.25, 0.3) is 5.91 Å². The maximum Gasteiger partial charge on any atom is 0.265 e. The van der Waals surface area contributed by atoms with Crippen LogP contribution in [0, 0.1) is 13.8 Å². The summed E-state index contributed by atoms with van der Waals surface area (Å²) in [5.74, 6) is 0.592. The van der Waals surface area contributed by atoms with Gasteiger partial charge in [-0.3, -0.25) is 9.78 Å². The standard InChI is InChI=1S/C17H20N2O2/c1-4-15(17(20)19-14-8-6-10-18-11-14)21-16-9-5-7-12(2)13(16)3/h5-11,15H,4H2,1-3H3,(H,19,20)/t15-/m1/s1. The van der Waals surface area contributed by atoms with Crippen molar-refractivity contribution in [1.82, 2.24) is 4.98 Å². The van der Waals surface area contributed by atoms with Crippen molar-refractivity contribution < 1.29 is 9.53 Å². The number of nitrogens with one attached hydrogen (secondary N) is 1. The highest BCUT2D eigenvalue weighted by Crippen LogP contribution is 2.22. The van der Waals surface area contributed by atoms with E-state index >= 15 is 0 Å². The molecule has 1 amide bonds. The molecule has 1 aromatic heterocycles. The molecule has 0 unspecified atom stereocenters. The van der Waals surface area contributed by atoms with Crippen LogP contribution in [0.25, 0.3) is 0 Å². The number of nitrogens with zero attached hydrogens (tertiary/aromatic N) is 1. The molecule has 0 aliphatic carbocycles. The molecule has 1 N–H and O–H groups in total. The van der Waals surface area contributed by atoms with Gasteiger partial charge in [-0.2, -0.15) is 0 Å². The summed E-state index contributed by atoms with van der Waals surface area (Å²) < 4.78 is 5.88. The molecule has 2 aromatic rings. The van der Waals surface area contributed by atoms with E-state index < -0.39 is 6.10 Å². The Morgan fingerprint density at radius 2 is 2.10 bits per heavy atom. The van der Waals surface area contributed by atoms with Crippen molar-refractivity contribution in [3.8, 4) is 5.75 Å². The summed E-state index contributed by atoms with van der Waals surface area (Å²) >= 11 is 0. The van der Waals surface area contributed by atoms with E-state index in [1.807, 2.05) is 39.0 Å². The Morgan fingerprint density at radius 3 is 2.76 bits per heavy atom. The largest absolute Gasteiger partial charge is 0.480 e. The highest BCUT2D eigenvalue weighted by Gasteiger charge is 2.19. The summed E-state index contributed by atoms with van der Waals surface area (Å²) in [5.41, 5.74) is 2.88. The third-order valence-electron chi connectivity index (χ3n) is 3.42. The lowest BCUT2D eigenvalue weighted by atomic mass is 10.1. The minimum atomic E-state index is -0.522. The van der Waals surface area contributed by atoms with Crippen molar-refractivity contribution in [3.05, 3.63) is 53.9 Å². The molecule has 1 atom stereocenters. The summed E-state index contributed by atoms with van der Waals surface area (Å²) in [6, 6.07) is 9.43. The summed E-state index contributed by atoms with van der Waals surface area (Å²) in [4.78, 5) is 16.3. The Bertz CT molecular complexity index is 611. The molecule has 0 saturated heterocycles. The van der Waals surface area contributed by atoms with Crippen LogP contribution in [-0.2, 0) is 4.79 Å². The van der Waals surface area contributed by atoms with Crippen molar-refractivity contribution in [2.75, 3.05) is 5.32 Å². The fourth-order valence-corrected chi connectivity index (χ4v) is 1.99. The molecule has 21 heavy (non-hydrogen) atoms. The number of hydrogen-bond acceptors (Lipinski definition) is 3. The first kappa shape index (κ1) is 15.0. The Labute approximate surface area is 125 Å². The zero-order chi connectivity index (χ0) is 15.2. The number of hydrogen-bond donors (Lipinski definition) is 1. The van der Waals surface area contributed by atoms with E-state index in [4.69, 9.17) is 4.74 Å². The van der Waals surface area contributed by atoms with E-state index in [0.717, 1.165) is 16.9 Å². The van der Waals surface area contributed by atoms with Crippen LogP contribution in [0.3, 0.4) is 0 Å². The molecule has 1 aromatic carbocycles. The number of carbonyl (C=O) groups excluding carboxylic acids is 1. The molecule has 0 fully saturated rings. The van der Waals surface area contributed by atoms with Crippen molar-refractivity contribution >= 4 is 11.6 Å². The topological polar surface area (TPSA) is 51.2 Å². The van der Waals surface area contributed by atoms with Crippen LogP contribution in [0.15, 0.2) is 42.7 Å². The highest BCUT2D eigenvalue weighted by atomic mass is 16.5. The third kappa shape index (κ3) is 3.81. The first-order chi connectivity index (χ1) is 10.1. The van der Waals surface area contributed by atoms with Crippen LogP contribution < -0.4 is 10.1 Å². The summed E-state index contributed by atoms with van der Waals surface area (Å²) in [7, 11) is 0. The molecule has 2 rings (SSSR count). The molecule has 0 aliphatic rings. The predicted molar refractivity (Wildman–Crippen MR) is 83.5 cm³/mol. The molecule has 0 bridgehead atoms. The van der Waals surface area contributed by atoms with Crippen LogP contribution in [0.2, 0.25) is 0 Å². The number of benzene rings is 1. The fourth-order valence-electron chi connectivity index (χ4n) is 1.99. The average Bonchev–Trinajstić information content (AvgIpc) is 2.49. The van der Waals surface area contributed by atoms with Gasteiger partial charge >= 0.3 is 0 Å². The molecule has 4 heteroatoms. The van der Waals surface area contributed by atoms with E-state index in [-0.39, 0.29) is 5.91 Å². The van der Waals surface area contributed by atoms with Gasteiger partial charge in [-0.15, -0.1) is 0 Å². The van der Waals surface area contributed by atoms with Crippen molar-refractivity contribution in [1.29, 1.82) is 0 Å². The Morgan fingerprint density at radius 1 is 1.29 bits per heavy atom. The second-order valence-electron chi connectivity index (χ2n) is 4.94. The number of amides is 1. The Kier molecular flexibility index (Phi) is 4.93. The SMILES string of the molecule is CC[C@@H](Oc1cccc(C)c1C)C(=O)Nc1cccnc1. The van der Waals surface area contributed by atoms with Crippen LogP contribution in [0.1, 0.15) is 24.5 Å². The molecule has 110 valence electrons. The fraction of sp³-hybridized carbons (Fsp3) is 0.294. The van der Waals surface area contributed by atoms with Crippen LogP contribution in [0.4, 0.5) is 5.69 Å². The minimum Gasteiger partial charge on any atom is -0.480 e. The molecule has 0 saturated carbocycles. The third-order valence-corrected chi connectivity index (χ3v) is 3.42. The average molecular weight is 284 g/mol. The number of rotatable bonds is 5. The van der Waals surface area contributed by atoms with E-state index in [9.17, 15) is 4.79 Å². The lowest BCUT2D eigenvalue weighted by Gasteiger charge is -2.19. The van der Waals surface area contributed by atoms with Gasteiger partial charge in [0.05, 0.1) is 11.9 Å². The molecular weight excluding hydrogens is 264 g/mol. The first-order valence-electron chi connectivity index (χ1n) is 7.05. The number of aryl methyl sites for hydroxylation is 1. The lowest BCUT2D eigenvalue weighted by molar-refractivity contribution is -0.122. The molecule has 0 aliphatic heterocycles. The number of ether oxygens (including phenoxy) is 1. The van der Waals surface area contributed by atoms with Gasteiger partial charge in [0, 0.05) is 6.20 Å². The van der Waals surface area contributed by atoms with Crippen molar-refractivity contribution in [2.45, 2.75) is 33.3 Å². The molecular formula is C17H20N2O2. The maximum atomic E-state index is 12.3. The molecule has 0 radical (unpaired) electrons. The van der Waals surface area contributed by atoms with Gasteiger partial charge < -0.3 is 10.1 Å². The van der Waals surface area contributed by atoms with Gasteiger partial charge in [0.15, 0.2) is 6.10 Å². The molecule has 1 heterocycles. The highest BCUT2D eigenvalue weighted by molar-refractivity contribution is 5.94. The van der Waals surface area contributed by atoms with E-state index in [0.29, 0.717) is 12.1 Å². The zero-order valence-electron chi connectivity index (χ0n) is 12.6. The predicted octanol–water partition coefficient (Wildman–Crippen LogP) is 3.49. The summed E-state index contributed by atoms with van der Waals surface area (Å²) in [6.45, 7) is 5.95. The van der Waals surface area contributed by atoms with Gasteiger partial charge in [-0.25, -0.2) is 0 Å². The zero-order valence-corrected chi connectivity index (χ0v) is 12.6. The van der Waals surface area contributed by atoms with Crippen LogP contribution in [0.5, 0.6) is 5.75 Å². The minimum absolute atomic E-state index is 0.161. The van der Waals surface area contributed by atoms with Gasteiger partial charge in [0.1, 0.15) is 5.75 Å². The van der Waals surface area contributed by atoms with E-state index in [1.165, 1.54) is 0 Å². The first-order valence-corrected chi connectivity index (χ1v) is 7.05. The van der Waals surface area contributed by atoms with Gasteiger partial charge in [-0.05, 0) is 49.6 Å². The summed E-state index contributed by atoms with van der Waals surface area (Å²) in [6.07, 6.45) is 3.35. The maximum absolute atomic E-state index is 12.3. The second-order valence-corrected chi connectivity index (χ2v) is 4.94.